The van der Waals surface area contributed by atoms with Crippen LogP contribution in [0.1, 0.15) is 25.7 Å². The van der Waals surface area contributed by atoms with E-state index in [1.54, 1.807) is 14.2 Å². The molecule has 3 rings (SSSR count). The highest BCUT2D eigenvalue weighted by Crippen LogP contribution is 2.31. The topological polar surface area (TPSA) is 34.2 Å². The second-order valence-electron chi connectivity index (χ2n) is 7.56. The summed E-state index contributed by atoms with van der Waals surface area (Å²) in [6.07, 6.45) is 4.73. The van der Waals surface area contributed by atoms with E-state index in [0.29, 0.717) is 5.75 Å². The minimum absolute atomic E-state index is 0.699. The largest absolute Gasteiger partial charge is 0.493 e. The Bertz CT molecular complexity index is 779. The molecule has 0 saturated carbocycles. The molecule has 0 unspecified atom stereocenters. The van der Waals surface area contributed by atoms with Gasteiger partial charge in [-0.15, -0.1) is 0 Å². The van der Waals surface area contributed by atoms with Crippen LogP contribution in [0.15, 0.2) is 42.5 Å². The van der Waals surface area contributed by atoms with Gasteiger partial charge in [-0.05, 0) is 43.7 Å². The second-order valence-corrected chi connectivity index (χ2v) is 7.97. The standard InChI is InChI=1S/C24H33ClN2O3/c1-28-23-12-11-20(19-24(23)29-2)30-18-8-4-3-7-13-26-14-16-27(17-15-26)22-10-6-5-9-21(22)25/h5-6,9-12,19H,3-4,7-8,13-18H2,1-2H3. The average molecular weight is 433 g/mol. The van der Waals surface area contributed by atoms with Gasteiger partial charge in [-0.2, -0.15) is 0 Å². The molecule has 0 amide bonds. The maximum absolute atomic E-state index is 6.33. The number of unbranched alkanes of at least 4 members (excludes halogenated alkanes) is 3. The first-order valence-electron chi connectivity index (χ1n) is 10.8. The predicted molar refractivity (Wildman–Crippen MR) is 124 cm³/mol. The molecule has 0 atom stereocenters. The van der Waals surface area contributed by atoms with E-state index in [-0.39, 0.29) is 0 Å². The van der Waals surface area contributed by atoms with E-state index in [1.807, 2.05) is 30.3 Å². The van der Waals surface area contributed by atoms with Crippen LogP contribution in [0.5, 0.6) is 17.2 Å². The summed E-state index contributed by atoms with van der Waals surface area (Å²) < 4.78 is 16.4. The number of halogens is 1. The van der Waals surface area contributed by atoms with Crippen molar-refractivity contribution >= 4 is 17.3 Å². The fourth-order valence-corrected chi connectivity index (χ4v) is 4.06. The summed E-state index contributed by atoms with van der Waals surface area (Å²) in [6, 6.07) is 13.8. The lowest BCUT2D eigenvalue weighted by Crippen LogP contribution is -2.46. The summed E-state index contributed by atoms with van der Waals surface area (Å²) in [6.45, 7) is 6.20. The van der Waals surface area contributed by atoms with Crippen LogP contribution in [-0.4, -0.2) is 58.5 Å². The fourth-order valence-electron chi connectivity index (χ4n) is 3.81. The van der Waals surface area contributed by atoms with Crippen LogP contribution in [0.3, 0.4) is 0 Å². The number of hydrogen-bond donors (Lipinski definition) is 0. The Kier molecular flexibility index (Phi) is 8.97. The summed E-state index contributed by atoms with van der Waals surface area (Å²) in [4.78, 5) is 4.96. The highest BCUT2D eigenvalue weighted by Gasteiger charge is 2.18. The summed E-state index contributed by atoms with van der Waals surface area (Å²) in [5, 5.41) is 0.848. The lowest BCUT2D eigenvalue weighted by molar-refractivity contribution is 0.249. The van der Waals surface area contributed by atoms with Crippen molar-refractivity contribution in [2.24, 2.45) is 0 Å². The summed E-state index contributed by atoms with van der Waals surface area (Å²) in [5.74, 6) is 2.24. The lowest BCUT2D eigenvalue weighted by atomic mass is 10.2. The van der Waals surface area contributed by atoms with Crippen molar-refractivity contribution in [1.82, 2.24) is 4.90 Å². The zero-order valence-corrected chi connectivity index (χ0v) is 18.9. The molecule has 2 aromatic rings. The Balaban J connectivity index is 1.26. The van der Waals surface area contributed by atoms with Crippen molar-refractivity contribution in [1.29, 1.82) is 0 Å². The van der Waals surface area contributed by atoms with Gasteiger partial charge in [-0.1, -0.05) is 36.6 Å². The zero-order valence-electron chi connectivity index (χ0n) is 18.1. The molecule has 0 radical (unpaired) electrons. The van der Waals surface area contributed by atoms with E-state index in [0.717, 1.165) is 61.4 Å². The number of anilines is 1. The minimum atomic E-state index is 0.699. The SMILES string of the molecule is COc1ccc(OCCCCCCN2CCN(c3ccccc3Cl)CC2)cc1OC. The van der Waals surface area contributed by atoms with Crippen LogP contribution >= 0.6 is 11.6 Å². The smallest absolute Gasteiger partial charge is 0.164 e. The van der Waals surface area contributed by atoms with Gasteiger partial charge < -0.3 is 19.1 Å². The normalized spacial score (nSPS) is 14.6. The number of methoxy groups -OCH3 is 2. The fraction of sp³-hybridized carbons (Fsp3) is 0.500. The van der Waals surface area contributed by atoms with Gasteiger partial charge in [0.15, 0.2) is 11.5 Å². The van der Waals surface area contributed by atoms with E-state index >= 15 is 0 Å². The van der Waals surface area contributed by atoms with Gasteiger partial charge in [-0.25, -0.2) is 0 Å². The quantitative estimate of drug-likeness (QED) is 0.460. The van der Waals surface area contributed by atoms with Crippen LogP contribution < -0.4 is 19.1 Å². The highest BCUT2D eigenvalue weighted by atomic mass is 35.5. The number of rotatable bonds is 11. The Labute approximate surface area is 185 Å². The zero-order chi connectivity index (χ0) is 21.2. The molecule has 5 nitrogen and oxygen atoms in total. The van der Waals surface area contributed by atoms with Crippen molar-refractivity contribution in [3.8, 4) is 17.2 Å². The van der Waals surface area contributed by atoms with E-state index in [1.165, 1.54) is 25.8 Å². The number of para-hydroxylation sites is 1. The Hall–Kier alpha value is -2.11. The molecular weight excluding hydrogens is 400 g/mol. The molecule has 6 heteroatoms. The van der Waals surface area contributed by atoms with E-state index in [2.05, 4.69) is 21.9 Å². The molecule has 0 N–H and O–H groups in total. The van der Waals surface area contributed by atoms with E-state index < -0.39 is 0 Å². The third-order valence-corrected chi connectivity index (χ3v) is 5.88. The van der Waals surface area contributed by atoms with Crippen molar-refractivity contribution < 1.29 is 14.2 Å². The van der Waals surface area contributed by atoms with Crippen molar-refractivity contribution in [2.45, 2.75) is 25.7 Å². The first-order valence-corrected chi connectivity index (χ1v) is 11.2. The maximum atomic E-state index is 6.33. The molecule has 30 heavy (non-hydrogen) atoms. The molecule has 1 aliphatic heterocycles. The third-order valence-electron chi connectivity index (χ3n) is 5.56. The molecule has 1 saturated heterocycles. The Morgan fingerprint density at radius 1 is 0.833 bits per heavy atom. The molecule has 0 spiro atoms. The van der Waals surface area contributed by atoms with E-state index in [4.69, 9.17) is 25.8 Å². The second kappa shape index (κ2) is 11.9. The summed E-state index contributed by atoms with van der Waals surface area (Å²) >= 11 is 6.33. The van der Waals surface area contributed by atoms with Crippen LogP contribution in [0, 0.1) is 0 Å². The van der Waals surface area contributed by atoms with Crippen LogP contribution in [0.2, 0.25) is 5.02 Å². The van der Waals surface area contributed by atoms with Gasteiger partial charge >= 0.3 is 0 Å². The number of nitrogens with zero attached hydrogens (tertiary/aromatic N) is 2. The van der Waals surface area contributed by atoms with Gasteiger partial charge in [-0.3, -0.25) is 4.90 Å². The molecule has 1 heterocycles. The van der Waals surface area contributed by atoms with Crippen molar-refractivity contribution in [2.75, 3.05) is 58.5 Å². The lowest BCUT2D eigenvalue weighted by Gasteiger charge is -2.36. The molecule has 164 valence electrons. The maximum Gasteiger partial charge on any atom is 0.164 e. The van der Waals surface area contributed by atoms with E-state index in [9.17, 15) is 0 Å². The number of ether oxygens (including phenoxy) is 3. The molecule has 1 fully saturated rings. The molecule has 0 aromatic heterocycles. The summed E-state index contributed by atoms with van der Waals surface area (Å²) in [7, 11) is 3.27. The van der Waals surface area contributed by atoms with Crippen molar-refractivity contribution in [3.63, 3.8) is 0 Å². The highest BCUT2D eigenvalue weighted by molar-refractivity contribution is 6.33. The summed E-state index contributed by atoms with van der Waals surface area (Å²) in [5.41, 5.74) is 1.16. The molecular formula is C24H33ClN2O3. The molecule has 0 aliphatic carbocycles. The first kappa shape index (κ1) is 22.6. The number of benzene rings is 2. The van der Waals surface area contributed by atoms with Gasteiger partial charge in [0.05, 0.1) is 31.5 Å². The first-order chi connectivity index (χ1) is 14.7. The van der Waals surface area contributed by atoms with Gasteiger partial charge in [0.25, 0.3) is 0 Å². The average Bonchev–Trinajstić information content (AvgIpc) is 2.79. The van der Waals surface area contributed by atoms with Crippen LogP contribution in [0.4, 0.5) is 5.69 Å². The predicted octanol–water partition coefficient (Wildman–Crippen LogP) is 5.12. The van der Waals surface area contributed by atoms with Crippen LogP contribution in [-0.2, 0) is 0 Å². The number of hydrogen-bond acceptors (Lipinski definition) is 5. The molecule has 0 bridgehead atoms. The third kappa shape index (κ3) is 6.44. The van der Waals surface area contributed by atoms with Gasteiger partial charge in [0.2, 0.25) is 0 Å². The Morgan fingerprint density at radius 3 is 2.30 bits per heavy atom. The van der Waals surface area contributed by atoms with Crippen LogP contribution in [0.25, 0.3) is 0 Å². The Morgan fingerprint density at radius 2 is 1.57 bits per heavy atom. The number of piperazine rings is 1. The molecule has 1 aliphatic rings. The monoisotopic (exact) mass is 432 g/mol. The van der Waals surface area contributed by atoms with Crippen molar-refractivity contribution in [3.05, 3.63) is 47.5 Å². The molecule has 2 aromatic carbocycles. The minimum Gasteiger partial charge on any atom is -0.493 e. The van der Waals surface area contributed by atoms with Gasteiger partial charge in [0.1, 0.15) is 5.75 Å². The van der Waals surface area contributed by atoms with Gasteiger partial charge in [0, 0.05) is 32.2 Å².